The Kier molecular flexibility index (Phi) is 5.67. The van der Waals surface area contributed by atoms with Gasteiger partial charge in [-0.2, -0.15) is 26.3 Å². The zero-order valence-corrected chi connectivity index (χ0v) is 14.8. The van der Waals surface area contributed by atoms with Gasteiger partial charge in [-0.3, -0.25) is 4.52 Å². The van der Waals surface area contributed by atoms with E-state index in [1.54, 1.807) is 6.07 Å². The fourth-order valence-electron chi connectivity index (χ4n) is 2.57. The van der Waals surface area contributed by atoms with Gasteiger partial charge >= 0.3 is 24.3 Å². The van der Waals surface area contributed by atoms with Crippen LogP contribution in [0.5, 0.6) is 0 Å². The first-order valence-corrected chi connectivity index (χ1v) is 8.24. The molecule has 0 radical (unpaired) electrons. The number of aromatic nitrogens is 2. The highest BCUT2D eigenvalue weighted by molar-refractivity contribution is 5.87. The third-order valence-electron chi connectivity index (χ3n) is 3.81. The van der Waals surface area contributed by atoms with Crippen molar-refractivity contribution in [2.75, 3.05) is 5.32 Å². The first-order chi connectivity index (χ1) is 14.0. The number of hydrogen-bond donors (Lipinski definition) is 1. The van der Waals surface area contributed by atoms with Gasteiger partial charge in [-0.15, -0.1) is 0 Å². The lowest BCUT2D eigenvalue weighted by molar-refractivity contribution is -0.796. The highest BCUT2D eigenvalue weighted by Gasteiger charge is 2.51. The van der Waals surface area contributed by atoms with E-state index in [0.29, 0.717) is 10.7 Å². The third kappa shape index (κ3) is 5.07. The minimum atomic E-state index is -4.72. The molecule has 1 heterocycles. The predicted molar refractivity (Wildman–Crippen MR) is 89.5 cm³/mol. The van der Waals surface area contributed by atoms with Gasteiger partial charge in [0.25, 0.3) is 6.20 Å². The summed E-state index contributed by atoms with van der Waals surface area (Å²) in [6.07, 6.45) is -8.57. The number of alkyl halides is 6. The van der Waals surface area contributed by atoms with Gasteiger partial charge in [0.05, 0.1) is 11.6 Å². The molecule has 158 valence electrons. The molecule has 0 saturated carbocycles. The van der Waals surface area contributed by atoms with Crippen LogP contribution in [0.25, 0.3) is 0 Å². The van der Waals surface area contributed by atoms with Crippen LogP contribution in [0.4, 0.5) is 37.9 Å². The fraction of sp³-hybridized carbons (Fsp3) is 0.167. The number of hydrogen-bond acceptors (Lipinski definition) is 4. The maximum atomic E-state index is 13.5. The van der Waals surface area contributed by atoms with Gasteiger partial charge in [-0.1, -0.05) is 36.4 Å². The van der Waals surface area contributed by atoms with Crippen molar-refractivity contribution in [3.8, 4) is 0 Å². The lowest BCUT2D eigenvalue weighted by Crippen LogP contribution is -2.49. The van der Waals surface area contributed by atoms with E-state index < -0.39 is 35.9 Å². The summed E-state index contributed by atoms with van der Waals surface area (Å²) in [6, 6.07) is 7.31. The molecular formula is C18H12F6N4O2. The number of anilines is 1. The molecule has 0 aliphatic rings. The van der Waals surface area contributed by atoms with Crippen molar-refractivity contribution in [2.24, 2.45) is 4.99 Å². The first-order valence-electron chi connectivity index (χ1n) is 8.24. The SMILES string of the molecule is [O-]/C(=N\c1c[n+](C(c2ccccc2)C(F)(F)F)no1)Nc1cccc(C(F)(F)F)c1. The van der Waals surface area contributed by atoms with Crippen molar-refractivity contribution < 1.29 is 40.7 Å². The van der Waals surface area contributed by atoms with E-state index in [9.17, 15) is 31.4 Å². The van der Waals surface area contributed by atoms with Gasteiger partial charge in [-0.25, -0.2) is 4.99 Å². The normalized spacial score (nSPS) is 13.9. The highest BCUT2D eigenvalue weighted by atomic mass is 19.4. The quantitative estimate of drug-likeness (QED) is 0.297. The molecule has 30 heavy (non-hydrogen) atoms. The van der Waals surface area contributed by atoms with E-state index in [0.717, 1.165) is 18.3 Å². The second-order valence-corrected chi connectivity index (χ2v) is 6.00. The van der Waals surface area contributed by atoms with Crippen LogP contribution >= 0.6 is 0 Å². The third-order valence-corrected chi connectivity index (χ3v) is 3.81. The highest BCUT2D eigenvalue weighted by Crippen LogP contribution is 2.32. The van der Waals surface area contributed by atoms with Gasteiger partial charge < -0.3 is 10.4 Å². The maximum absolute atomic E-state index is 13.5. The minimum Gasteiger partial charge on any atom is -0.846 e. The van der Waals surface area contributed by atoms with Crippen molar-refractivity contribution in [1.29, 1.82) is 0 Å². The van der Waals surface area contributed by atoms with Crippen LogP contribution in [0.1, 0.15) is 17.2 Å². The number of amidine groups is 1. The molecular weight excluding hydrogens is 418 g/mol. The van der Waals surface area contributed by atoms with Crippen molar-refractivity contribution in [3.63, 3.8) is 0 Å². The average molecular weight is 430 g/mol. The zero-order valence-electron chi connectivity index (χ0n) is 14.8. The topological polar surface area (TPSA) is 77.4 Å². The van der Waals surface area contributed by atoms with E-state index in [2.05, 4.69) is 20.1 Å². The molecule has 0 spiro atoms. The monoisotopic (exact) mass is 430 g/mol. The Hall–Kier alpha value is -3.57. The number of rotatable bonds is 4. The molecule has 6 nitrogen and oxygen atoms in total. The zero-order chi connectivity index (χ0) is 21.9. The van der Waals surface area contributed by atoms with Gasteiger partial charge in [0, 0.05) is 11.3 Å². The van der Waals surface area contributed by atoms with E-state index in [1.807, 2.05) is 0 Å². The van der Waals surface area contributed by atoms with Crippen LogP contribution in [-0.4, -0.2) is 17.5 Å². The molecule has 0 amide bonds. The molecule has 0 saturated heterocycles. The van der Waals surface area contributed by atoms with Gasteiger partial charge in [0.15, 0.2) is 0 Å². The van der Waals surface area contributed by atoms with Crippen molar-refractivity contribution in [1.82, 2.24) is 5.27 Å². The number of nitrogens with one attached hydrogen (secondary N) is 1. The summed E-state index contributed by atoms with van der Waals surface area (Å²) in [6.45, 7) is 0. The number of aliphatic imine (C=N–C) groups is 1. The van der Waals surface area contributed by atoms with Crippen LogP contribution in [0, 0.1) is 0 Å². The number of benzene rings is 2. The van der Waals surface area contributed by atoms with Gasteiger partial charge in [-0.05, 0) is 22.9 Å². The Balaban J connectivity index is 1.82. The standard InChI is InChI=1S/C18H12F6N4O2/c19-17(20,21)12-7-4-8-13(9-12)25-16(29)26-14-10-28(27-30-14)15(18(22,23)24)11-5-2-1-3-6-11/h1-10,15H,(H-,25,26,27,29). The van der Waals surface area contributed by atoms with Gasteiger partial charge in [0.2, 0.25) is 5.27 Å². The largest absolute Gasteiger partial charge is 0.846 e. The predicted octanol–water partition coefficient (Wildman–Crippen LogP) is 3.59. The van der Waals surface area contributed by atoms with Crippen molar-refractivity contribution in [2.45, 2.75) is 18.4 Å². The molecule has 12 heteroatoms. The summed E-state index contributed by atoms with van der Waals surface area (Å²) in [5.41, 5.74) is -1.32. The summed E-state index contributed by atoms with van der Waals surface area (Å²) in [5, 5.41) is 17.3. The Morgan fingerprint density at radius 1 is 1.03 bits per heavy atom. The Labute approximate surface area is 165 Å². The van der Waals surface area contributed by atoms with Crippen LogP contribution in [0.3, 0.4) is 0 Å². The number of nitrogens with zero attached hydrogens (tertiary/aromatic N) is 3. The molecule has 0 aliphatic carbocycles. The molecule has 1 unspecified atom stereocenters. The lowest BCUT2D eigenvalue weighted by atomic mass is 10.1. The molecule has 2 aromatic carbocycles. The molecule has 3 rings (SSSR count). The summed E-state index contributed by atoms with van der Waals surface area (Å²) in [4.78, 5) is 3.38. The molecule has 3 aromatic rings. The fourth-order valence-corrected chi connectivity index (χ4v) is 2.57. The van der Waals surface area contributed by atoms with Crippen LogP contribution in [0.2, 0.25) is 0 Å². The second kappa shape index (κ2) is 8.05. The summed E-state index contributed by atoms with van der Waals surface area (Å²) >= 11 is 0. The summed E-state index contributed by atoms with van der Waals surface area (Å²) in [7, 11) is 0. The maximum Gasteiger partial charge on any atom is 0.459 e. The first kappa shape index (κ1) is 21.1. The smallest absolute Gasteiger partial charge is 0.459 e. The Morgan fingerprint density at radius 3 is 2.37 bits per heavy atom. The van der Waals surface area contributed by atoms with E-state index in [-0.39, 0.29) is 11.3 Å². The number of halogens is 6. The van der Waals surface area contributed by atoms with E-state index in [1.165, 1.54) is 30.3 Å². The average Bonchev–Trinajstić information content (AvgIpc) is 3.08. The van der Waals surface area contributed by atoms with E-state index >= 15 is 0 Å². The Morgan fingerprint density at radius 2 is 1.73 bits per heavy atom. The molecule has 0 bridgehead atoms. The van der Waals surface area contributed by atoms with Crippen LogP contribution in [-0.2, 0) is 6.18 Å². The van der Waals surface area contributed by atoms with E-state index in [4.69, 9.17) is 0 Å². The molecule has 1 atom stereocenters. The second-order valence-electron chi connectivity index (χ2n) is 6.00. The molecule has 1 N–H and O–H groups in total. The Bertz CT molecular complexity index is 1030. The van der Waals surface area contributed by atoms with Crippen molar-refractivity contribution in [3.05, 3.63) is 71.9 Å². The van der Waals surface area contributed by atoms with Crippen LogP contribution < -0.4 is 15.1 Å². The summed E-state index contributed by atoms with van der Waals surface area (Å²) in [5.74, 6) is -0.565. The lowest BCUT2D eigenvalue weighted by Gasteiger charge is -2.14. The van der Waals surface area contributed by atoms with Gasteiger partial charge in [0.1, 0.15) is 0 Å². The summed E-state index contributed by atoms with van der Waals surface area (Å²) < 4.78 is 83.7. The molecule has 1 aromatic heterocycles. The molecule has 0 aliphatic heterocycles. The van der Waals surface area contributed by atoms with Crippen molar-refractivity contribution >= 4 is 17.6 Å². The van der Waals surface area contributed by atoms with Crippen LogP contribution in [0.15, 0.2) is 70.3 Å². The minimum absolute atomic E-state index is 0.122. The molecule has 0 fully saturated rings.